The van der Waals surface area contributed by atoms with E-state index in [4.69, 9.17) is 4.42 Å². The fourth-order valence-electron chi connectivity index (χ4n) is 1.08. The van der Waals surface area contributed by atoms with Gasteiger partial charge < -0.3 is 9.15 Å². The van der Waals surface area contributed by atoms with Crippen LogP contribution in [-0.4, -0.2) is 11.1 Å². The van der Waals surface area contributed by atoms with Crippen molar-refractivity contribution in [2.75, 3.05) is 0 Å². The van der Waals surface area contributed by atoms with Gasteiger partial charge in [-0.3, -0.25) is 0 Å². The van der Waals surface area contributed by atoms with E-state index in [9.17, 15) is 8.78 Å². The average molecular weight is 233 g/mol. The molecule has 92 valence electrons. The molecule has 0 bridgehead atoms. The monoisotopic (exact) mass is 233 g/mol. The Balaban J connectivity index is 2.68. The summed E-state index contributed by atoms with van der Waals surface area (Å²) in [7, 11) is 0. The fourth-order valence-corrected chi connectivity index (χ4v) is 1.08. The van der Waals surface area contributed by atoms with Crippen LogP contribution in [0.25, 0.3) is 0 Å². The lowest BCUT2D eigenvalue weighted by Crippen LogP contribution is -2.36. The second-order valence-corrected chi connectivity index (χ2v) is 4.79. The summed E-state index contributed by atoms with van der Waals surface area (Å²) < 4.78 is 36.7. The molecule has 1 rings (SSSR count). The lowest BCUT2D eigenvalue weighted by molar-refractivity contribution is -0.301. The van der Waals surface area contributed by atoms with Crippen LogP contribution in [0.2, 0.25) is 0 Å². The minimum absolute atomic E-state index is 0.243. The minimum Gasteiger partial charge on any atom is -0.446 e. The van der Waals surface area contributed by atoms with Gasteiger partial charge in [-0.2, -0.15) is 8.78 Å². The number of aromatic nitrogens is 1. The van der Waals surface area contributed by atoms with Crippen molar-refractivity contribution >= 4 is 0 Å². The molecule has 0 aliphatic rings. The van der Waals surface area contributed by atoms with E-state index >= 15 is 0 Å². The van der Waals surface area contributed by atoms with Crippen molar-refractivity contribution in [3.8, 4) is 0 Å². The number of aryl methyl sites for hydroxylation is 2. The molecule has 1 aromatic heterocycles. The highest BCUT2D eigenvalue weighted by Gasteiger charge is 2.44. The first kappa shape index (κ1) is 13.1. The summed E-state index contributed by atoms with van der Waals surface area (Å²) in [5.74, 6) is 0.970. The fraction of sp³-hybridized carbons (Fsp3) is 0.727. The van der Waals surface area contributed by atoms with E-state index in [0.717, 1.165) is 0 Å². The standard InChI is InChI=1S/C11H17F2NO2/c1-7-9(14-8(2)16-7)6-15-11(12,13)10(3,4)5/h6H2,1-5H3. The van der Waals surface area contributed by atoms with Crippen LogP contribution in [0, 0.1) is 19.3 Å². The van der Waals surface area contributed by atoms with Gasteiger partial charge >= 0.3 is 6.11 Å². The summed E-state index contributed by atoms with van der Waals surface area (Å²) in [5, 5.41) is 0. The molecule has 3 nitrogen and oxygen atoms in total. The van der Waals surface area contributed by atoms with Gasteiger partial charge in [0.05, 0.1) is 12.0 Å². The number of rotatable bonds is 3. The van der Waals surface area contributed by atoms with Crippen molar-refractivity contribution in [2.45, 2.75) is 47.3 Å². The van der Waals surface area contributed by atoms with E-state index in [2.05, 4.69) is 9.72 Å². The molecule has 1 heterocycles. The quantitative estimate of drug-likeness (QED) is 0.802. The van der Waals surface area contributed by atoms with Crippen LogP contribution < -0.4 is 0 Å². The number of hydrogen-bond donors (Lipinski definition) is 0. The molecule has 1 aromatic rings. The van der Waals surface area contributed by atoms with E-state index in [-0.39, 0.29) is 6.61 Å². The topological polar surface area (TPSA) is 35.3 Å². The summed E-state index contributed by atoms with van der Waals surface area (Å²) in [6.07, 6.45) is -3.19. The molecule has 16 heavy (non-hydrogen) atoms. The van der Waals surface area contributed by atoms with Crippen LogP contribution in [0.5, 0.6) is 0 Å². The minimum atomic E-state index is -3.19. The van der Waals surface area contributed by atoms with Crippen molar-refractivity contribution in [1.82, 2.24) is 4.98 Å². The molecule has 0 saturated carbocycles. The van der Waals surface area contributed by atoms with Crippen molar-refractivity contribution < 1.29 is 17.9 Å². The number of halogens is 2. The normalized spacial score (nSPS) is 13.2. The molecule has 0 aliphatic heterocycles. The summed E-state index contributed by atoms with van der Waals surface area (Å²) in [4.78, 5) is 3.97. The molecular formula is C11H17F2NO2. The maximum Gasteiger partial charge on any atom is 0.360 e. The highest BCUT2D eigenvalue weighted by Crippen LogP contribution is 2.37. The average Bonchev–Trinajstić information content (AvgIpc) is 2.39. The van der Waals surface area contributed by atoms with E-state index in [0.29, 0.717) is 17.3 Å². The maximum absolute atomic E-state index is 13.5. The molecule has 0 N–H and O–H groups in total. The number of hydrogen-bond acceptors (Lipinski definition) is 3. The molecule has 0 saturated heterocycles. The largest absolute Gasteiger partial charge is 0.446 e. The third kappa shape index (κ3) is 2.78. The Hall–Kier alpha value is -0.970. The number of oxazole rings is 1. The third-order valence-corrected chi connectivity index (χ3v) is 2.26. The molecule has 0 aromatic carbocycles. The lowest BCUT2D eigenvalue weighted by Gasteiger charge is -2.29. The van der Waals surface area contributed by atoms with E-state index < -0.39 is 11.5 Å². The summed E-state index contributed by atoms with van der Waals surface area (Å²) >= 11 is 0. The van der Waals surface area contributed by atoms with Gasteiger partial charge in [0.1, 0.15) is 11.5 Å². The first-order valence-electron chi connectivity index (χ1n) is 5.08. The smallest absolute Gasteiger partial charge is 0.360 e. The summed E-state index contributed by atoms with van der Waals surface area (Å²) in [6, 6.07) is 0. The molecule has 0 fully saturated rings. The lowest BCUT2D eigenvalue weighted by atomic mass is 9.95. The third-order valence-electron chi connectivity index (χ3n) is 2.26. The number of ether oxygens (including phenoxy) is 1. The molecular weight excluding hydrogens is 216 g/mol. The molecule has 0 spiro atoms. The predicted molar refractivity (Wildman–Crippen MR) is 55.2 cm³/mol. The van der Waals surface area contributed by atoms with Gasteiger partial charge in [0.25, 0.3) is 0 Å². The van der Waals surface area contributed by atoms with Crippen molar-refractivity contribution in [3.63, 3.8) is 0 Å². The zero-order chi connectivity index (χ0) is 12.6. The van der Waals surface area contributed by atoms with Gasteiger partial charge in [-0.1, -0.05) is 20.8 Å². The summed E-state index contributed by atoms with van der Waals surface area (Å²) in [6.45, 7) is 7.37. The van der Waals surface area contributed by atoms with Crippen LogP contribution in [0.4, 0.5) is 8.78 Å². The predicted octanol–water partition coefficient (Wildman–Crippen LogP) is 3.45. The van der Waals surface area contributed by atoms with Crippen molar-refractivity contribution in [1.29, 1.82) is 0 Å². The van der Waals surface area contributed by atoms with E-state index in [1.54, 1.807) is 13.8 Å². The maximum atomic E-state index is 13.5. The molecule has 0 atom stereocenters. The van der Waals surface area contributed by atoms with Crippen LogP contribution in [0.3, 0.4) is 0 Å². The number of alkyl halides is 2. The Morgan fingerprint density at radius 3 is 2.19 bits per heavy atom. The van der Waals surface area contributed by atoms with E-state index in [1.165, 1.54) is 20.8 Å². The second-order valence-electron chi connectivity index (χ2n) is 4.79. The van der Waals surface area contributed by atoms with Gasteiger partial charge in [-0.05, 0) is 6.92 Å². The Morgan fingerprint density at radius 2 is 1.81 bits per heavy atom. The van der Waals surface area contributed by atoms with Crippen LogP contribution in [-0.2, 0) is 11.3 Å². The van der Waals surface area contributed by atoms with Crippen molar-refractivity contribution in [3.05, 3.63) is 17.3 Å². The summed E-state index contributed by atoms with van der Waals surface area (Å²) in [5.41, 5.74) is -0.818. The van der Waals surface area contributed by atoms with Gasteiger partial charge in [-0.15, -0.1) is 0 Å². The Bertz CT molecular complexity index is 367. The second kappa shape index (κ2) is 4.13. The zero-order valence-electron chi connectivity index (χ0n) is 10.2. The van der Waals surface area contributed by atoms with Crippen LogP contribution >= 0.6 is 0 Å². The highest BCUT2D eigenvalue weighted by molar-refractivity contribution is 5.06. The Labute approximate surface area is 93.8 Å². The SMILES string of the molecule is Cc1nc(COC(F)(F)C(C)(C)C)c(C)o1. The Morgan fingerprint density at radius 1 is 1.25 bits per heavy atom. The molecule has 0 aliphatic carbocycles. The zero-order valence-corrected chi connectivity index (χ0v) is 10.2. The molecule has 0 unspecified atom stereocenters. The van der Waals surface area contributed by atoms with Crippen molar-refractivity contribution in [2.24, 2.45) is 5.41 Å². The van der Waals surface area contributed by atoms with Gasteiger partial charge in [0, 0.05) is 6.92 Å². The molecule has 0 amide bonds. The molecule has 0 radical (unpaired) electrons. The first-order chi connectivity index (χ1) is 7.13. The van der Waals surface area contributed by atoms with Crippen LogP contribution in [0.15, 0.2) is 4.42 Å². The van der Waals surface area contributed by atoms with Gasteiger partial charge in [0.15, 0.2) is 5.89 Å². The van der Waals surface area contributed by atoms with Gasteiger partial charge in [0.2, 0.25) is 0 Å². The van der Waals surface area contributed by atoms with E-state index in [1.807, 2.05) is 0 Å². The number of nitrogens with zero attached hydrogens (tertiary/aromatic N) is 1. The van der Waals surface area contributed by atoms with Crippen LogP contribution in [0.1, 0.15) is 38.1 Å². The highest BCUT2D eigenvalue weighted by atomic mass is 19.3. The van der Waals surface area contributed by atoms with Gasteiger partial charge in [-0.25, -0.2) is 4.98 Å². The first-order valence-corrected chi connectivity index (χ1v) is 5.08. The Kier molecular flexibility index (Phi) is 3.38. The molecule has 5 heteroatoms.